The van der Waals surface area contributed by atoms with Crippen LogP contribution in [0.2, 0.25) is 0 Å². The molecule has 1 aromatic heterocycles. The van der Waals surface area contributed by atoms with Crippen LogP contribution in [-0.2, 0) is 6.42 Å². The maximum absolute atomic E-state index is 13.0. The second kappa shape index (κ2) is 9.32. The van der Waals surface area contributed by atoms with E-state index in [0.717, 1.165) is 23.1 Å². The molecule has 0 aliphatic heterocycles. The average Bonchev–Trinajstić information content (AvgIpc) is 3.15. The number of ether oxygens (including phenoxy) is 1. The summed E-state index contributed by atoms with van der Waals surface area (Å²) in [4.78, 5) is 25.5. The summed E-state index contributed by atoms with van der Waals surface area (Å²) in [5.74, 6) is 0.893. The van der Waals surface area contributed by atoms with Crippen LogP contribution in [0, 0.1) is 20.8 Å². The van der Waals surface area contributed by atoms with Crippen LogP contribution in [-0.4, -0.2) is 24.6 Å². The van der Waals surface area contributed by atoms with Gasteiger partial charge in [-0.05, 0) is 63.4 Å². The van der Waals surface area contributed by atoms with Gasteiger partial charge in [-0.25, -0.2) is 5.43 Å². The minimum absolute atomic E-state index is 0.239. The van der Waals surface area contributed by atoms with E-state index in [4.69, 9.17) is 9.15 Å². The van der Waals surface area contributed by atoms with E-state index in [1.807, 2.05) is 51.1 Å². The third-order valence-corrected chi connectivity index (χ3v) is 5.74. The monoisotopic (exact) mass is 445 g/mol. The molecule has 1 aliphatic rings. The molecule has 0 atom stereocenters. The average molecular weight is 446 g/mol. The Morgan fingerprint density at radius 2 is 1.70 bits per heavy atom. The Balaban J connectivity index is 1.58. The lowest BCUT2D eigenvalue weighted by Gasteiger charge is -2.13. The zero-order valence-corrected chi connectivity index (χ0v) is 19.2. The summed E-state index contributed by atoms with van der Waals surface area (Å²) >= 11 is 0. The Morgan fingerprint density at radius 3 is 2.42 bits per heavy atom. The smallest absolute Gasteiger partial charge is 0.291 e. The van der Waals surface area contributed by atoms with Crippen LogP contribution in [0.15, 0.2) is 52.0 Å². The minimum Gasteiger partial charge on any atom is -0.495 e. The number of hydrogen-bond acceptors (Lipinski definition) is 5. The van der Waals surface area contributed by atoms with Crippen molar-refractivity contribution < 1.29 is 18.7 Å². The SMILES string of the molecule is COc1ccc(C)cc1NC(=O)c1oc2c(c1C)/C(=N/NC(=O)c1ccc(C)cc1)CCC2. The number of benzene rings is 2. The topological polar surface area (TPSA) is 92.9 Å². The van der Waals surface area contributed by atoms with Crippen LogP contribution < -0.4 is 15.5 Å². The molecule has 0 spiro atoms. The van der Waals surface area contributed by atoms with E-state index in [0.29, 0.717) is 46.9 Å². The summed E-state index contributed by atoms with van der Waals surface area (Å²) in [6, 6.07) is 12.9. The predicted octanol–water partition coefficient (Wildman–Crippen LogP) is 4.94. The number of anilines is 1. The fourth-order valence-corrected chi connectivity index (χ4v) is 3.98. The molecule has 2 aromatic carbocycles. The largest absolute Gasteiger partial charge is 0.495 e. The molecule has 0 bridgehead atoms. The molecule has 0 saturated carbocycles. The highest BCUT2D eigenvalue weighted by molar-refractivity contribution is 6.10. The van der Waals surface area contributed by atoms with Crippen molar-refractivity contribution in [2.24, 2.45) is 5.10 Å². The third kappa shape index (κ3) is 4.67. The number of amides is 2. The van der Waals surface area contributed by atoms with E-state index in [-0.39, 0.29) is 17.6 Å². The summed E-state index contributed by atoms with van der Waals surface area (Å²) in [5.41, 5.74) is 8.06. The molecule has 1 heterocycles. The summed E-state index contributed by atoms with van der Waals surface area (Å²) < 4.78 is 11.3. The Labute approximate surface area is 192 Å². The van der Waals surface area contributed by atoms with Crippen molar-refractivity contribution in [3.05, 3.63) is 81.8 Å². The molecular formula is C26H27N3O4. The van der Waals surface area contributed by atoms with Crippen molar-refractivity contribution in [2.75, 3.05) is 12.4 Å². The molecule has 7 heteroatoms. The Morgan fingerprint density at radius 1 is 0.970 bits per heavy atom. The number of hydrazone groups is 1. The van der Waals surface area contributed by atoms with Gasteiger partial charge in [-0.2, -0.15) is 5.10 Å². The number of carbonyl (C=O) groups is 2. The first-order valence-corrected chi connectivity index (χ1v) is 10.9. The van der Waals surface area contributed by atoms with E-state index >= 15 is 0 Å². The molecule has 2 amide bonds. The van der Waals surface area contributed by atoms with Gasteiger partial charge < -0.3 is 14.5 Å². The highest BCUT2D eigenvalue weighted by Gasteiger charge is 2.28. The lowest BCUT2D eigenvalue weighted by molar-refractivity contribution is 0.0953. The molecule has 0 radical (unpaired) electrons. The summed E-state index contributed by atoms with van der Waals surface area (Å²) in [5, 5.41) is 7.28. The molecule has 0 fully saturated rings. The summed E-state index contributed by atoms with van der Waals surface area (Å²) in [6.07, 6.45) is 2.22. The van der Waals surface area contributed by atoms with Crippen LogP contribution in [0.3, 0.4) is 0 Å². The van der Waals surface area contributed by atoms with Crippen molar-refractivity contribution in [3.8, 4) is 5.75 Å². The van der Waals surface area contributed by atoms with Crippen LogP contribution in [0.1, 0.15) is 61.8 Å². The fraction of sp³-hybridized carbons (Fsp3) is 0.269. The second-order valence-electron chi connectivity index (χ2n) is 8.23. The normalized spacial score (nSPS) is 14.0. The first-order chi connectivity index (χ1) is 15.9. The molecule has 0 unspecified atom stereocenters. The van der Waals surface area contributed by atoms with Crippen LogP contribution in [0.25, 0.3) is 0 Å². The lowest BCUT2D eigenvalue weighted by Crippen LogP contribution is -2.22. The van der Waals surface area contributed by atoms with Crippen LogP contribution in [0.5, 0.6) is 5.75 Å². The first-order valence-electron chi connectivity index (χ1n) is 10.9. The number of rotatable bonds is 5. The maximum atomic E-state index is 13.0. The highest BCUT2D eigenvalue weighted by atomic mass is 16.5. The first kappa shape index (κ1) is 22.3. The van der Waals surface area contributed by atoms with E-state index in [9.17, 15) is 9.59 Å². The molecule has 170 valence electrons. The molecule has 0 saturated heterocycles. The lowest BCUT2D eigenvalue weighted by atomic mass is 9.93. The Kier molecular flexibility index (Phi) is 6.31. The number of hydrogen-bond donors (Lipinski definition) is 2. The second-order valence-corrected chi connectivity index (χ2v) is 8.23. The van der Waals surface area contributed by atoms with Gasteiger partial charge in [-0.15, -0.1) is 0 Å². The molecule has 4 rings (SSSR count). The van der Waals surface area contributed by atoms with Crippen LogP contribution in [0.4, 0.5) is 5.69 Å². The van der Waals surface area contributed by atoms with E-state index in [1.54, 1.807) is 19.2 Å². The van der Waals surface area contributed by atoms with Crippen molar-refractivity contribution in [2.45, 2.75) is 40.0 Å². The van der Waals surface area contributed by atoms with E-state index in [1.165, 1.54) is 0 Å². The third-order valence-electron chi connectivity index (χ3n) is 5.74. The van der Waals surface area contributed by atoms with Gasteiger partial charge in [0.2, 0.25) is 0 Å². The molecule has 2 N–H and O–H groups in total. The summed E-state index contributed by atoms with van der Waals surface area (Å²) in [6.45, 7) is 5.75. The van der Waals surface area contributed by atoms with Gasteiger partial charge in [0.1, 0.15) is 11.5 Å². The molecule has 7 nitrogen and oxygen atoms in total. The standard InChI is InChI=1S/C26H27N3O4/c1-15-8-11-18(12-9-15)25(30)29-28-19-6-5-7-22-23(19)17(3)24(33-22)26(31)27-20-14-16(2)10-13-21(20)32-4/h8-14H,5-7H2,1-4H3,(H,27,31)(H,29,30)/b28-19+. The van der Waals surface area contributed by atoms with Crippen molar-refractivity contribution >= 4 is 23.2 Å². The van der Waals surface area contributed by atoms with Gasteiger partial charge in [0.25, 0.3) is 11.8 Å². The van der Waals surface area contributed by atoms with E-state index < -0.39 is 0 Å². The van der Waals surface area contributed by atoms with Gasteiger partial charge in [-0.1, -0.05) is 23.8 Å². The van der Waals surface area contributed by atoms with Gasteiger partial charge in [0, 0.05) is 23.1 Å². The Bertz CT molecular complexity index is 1240. The number of nitrogens with zero attached hydrogens (tertiary/aromatic N) is 1. The molecular weight excluding hydrogens is 418 g/mol. The number of methoxy groups -OCH3 is 1. The van der Waals surface area contributed by atoms with Gasteiger partial charge in [0.15, 0.2) is 5.76 Å². The zero-order valence-electron chi connectivity index (χ0n) is 19.2. The minimum atomic E-state index is -0.353. The number of fused-ring (bicyclic) bond motifs is 1. The Hall–Kier alpha value is -3.87. The highest BCUT2D eigenvalue weighted by Crippen LogP contribution is 2.31. The van der Waals surface area contributed by atoms with Crippen molar-refractivity contribution in [3.63, 3.8) is 0 Å². The molecule has 1 aliphatic carbocycles. The van der Waals surface area contributed by atoms with Gasteiger partial charge >= 0.3 is 0 Å². The van der Waals surface area contributed by atoms with Crippen LogP contribution >= 0.6 is 0 Å². The number of nitrogens with one attached hydrogen (secondary N) is 2. The van der Waals surface area contributed by atoms with Gasteiger partial charge in [-0.3, -0.25) is 9.59 Å². The van der Waals surface area contributed by atoms with Crippen molar-refractivity contribution in [1.82, 2.24) is 5.43 Å². The van der Waals surface area contributed by atoms with Crippen molar-refractivity contribution in [1.29, 1.82) is 0 Å². The van der Waals surface area contributed by atoms with E-state index in [2.05, 4.69) is 15.8 Å². The quantitative estimate of drug-likeness (QED) is 0.544. The maximum Gasteiger partial charge on any atom is 0.291 e. The molecule has 3 aromatic rings. The molecule has 33 heavy (non-hydrogen) atoms. The number of carbonyl (C=O) groups excluding carboxylic acids is 2. The number of aryl methyl sites for hydroxylation is 3. The van der Waals surface area contributed by atoms with Gasteiger partial charge in [0.05, 0.1) is 18.5 Å². The zero-order chi connectivity index (χ0) is 23.5. The predicted molar refractivity (Wildman–Crippen MR) is 127 cm³/mol. The summed E-state index contributed by atoms with van der Waals surface area (Å²) in [7, 11) is 1.56. The number of furan rings is 1. The fourth-order valence-electron chi connectivity index (χ4n) is 3.98.